The summed E-state index contributed by atoms with van der Waals surface area (Å²) in [6.07, 6.45) is -2.55. The van der Waals surface area contributed by atoms with Crippen LogP contribution in [0.5, 0.6) is 11.5 Å². The Morgan fingerprint density at radius 3 is 2.44 bits per heavy atom. The van der Waals surface area contributed by atoms with Crippen LogP contribution in [0.4, 0.5) is 8.78 Å². The Labute approximate surface area is 159 Å². The molecule has 2 aromatic rings. The van der Waals surface area contributed by atoms with E-state index in [4.69, 9.17) is 9.47 Å². The quantitative estimate of drug-likeness (QED) is 0.758. The standard InChI is InChI=1S/C21H26F2N2O2/c1-26-19-8-7-17(13-20(19)27-15-16-5-3-2-4-6-16)18(14-21(22)23)25-11-9-24-10-12-25/h2-8,13,18,21,24H,9-12,14-15H2,1H3/t18-/m0/s1. The second kappa shape index (κ2) is 9.67. The van der Waals surface area contributed by atoms with Crippen molar-refractivity contribution in [2.24, 2.45) is 0 Å². The monoisotopic (exact) mass is 376 g/mol. The van der Waals surface area contributed by atoms with Gasteiger partial charge in [-0.3, -0.25) is 4.90 Å². The lowest BCUT2D eigenvalue weighted by Gasteiger charge is -2.35. The number of piperazine rings is 1. The van der Waals surface area contributed by atoms with Crippen molar-refractivity contribution in [1.29, 1.82) is 0 Å². The average molecular weight is 376 g/mol. The minimum atomic E-state index is -2.36. The largest absolute Gasteiger partial charge is 0.493 e. The van der Waals surface area contributed by atoms with Gasteiger partial charge >= 0.3 is 0 Å². The Morgan fingerprint density at radius 2 is 1.78 bits per heavy atom. The van der Waals surface area contributed by atoms with Crippen LogP contribution in [0.1, 0.15) is 23.6 Å². The van der Waals surface area contributed by atoms with Crippen LogP contribution in [-0.2, 0) is 6.61 Å². The van der Waals surface area contributed by atoms with Crippen LogP contribution in [0, 0.1) is 0 Å². The van der Waals surface area contributed by atoms with Gasteiger partial charge in [0, 0.05) is 38.6 Å². The highest BCUT2D eigenvalue weighted by Gasteiger charge is 2.26. The third-order valence-electron chi connectivity index (χ3n) is 4.80. The first-order valence-corrected chi connectivity index (χ1v) is 9.25. The van der Waals surface area contributed by atoms with Crippen LogP contribution in [0.3, 0.4) is 0 Å². The molecule has 0 unspecified atom stereocenters. The number of methoxy groups -OCH3 is 1. The molecule has 146 valence electrons. The zero-order valence-corrected chi connectivity index (χ0v) is 15.5. The SMILES string of the molecule is COc1ccc([C@H](CC(F)F)N2CCNCC2)cc1OCc1ccccc1. The van der Waals surface area contributed by atoms with Gasteiger partial charge in [-0.15, -0.1) is 0 Å². The van der Waals surface area contributed by atoms with E-state index in [0.717, 1.165) is 37.3 Å². The molecule has 0 spiro atoms. The van der Waals surface area contributed by atoms with Crippen molar-refractivity contribution >= 4 is 0 Å². The highest BCUT2D eigenvalue weighted by molar-refractivity contribution is 5.44. The Balaban J connectivity index is 1.82. The summed E-state index contributed by atoms with van der Waals surface area (Å²) in [6.45, 7) is 3.53. The van der Waals surface area contributed by atoms with E-state index in [1.54, 1.807) is 13.2 Å². The molecular formula is C21H26F2N2O2. The second-order valence-electron chi connectivity index (χ2n) is 6.61. The molecule has 3 rings (SSSR count). The molecule has 1 heterocycles. The third-order valence-corrected chi connectivity index (χ3v) is 4.80. The van der Waals surface area contributed by atoms with Gasteiger partial charge in [0.25, 0.3) is 0 Å². The summed E-state index contributed by atoms with van der Waals surface area (Å²) in [7, 11) is 1.58. The maximum atomic E-state index is 13.2. The summed E-state index contributed by atoms with van der Waals surface area (Å²) in [5.74, 6) is 1.18. The van der Waals surface area contributed by atoms with Gasteiger partial charge in [-0.05, 0) is 23.3 Å². The van der Waals surface area contributed by atoms with E-state index in [-0.39, 0.29) is 12.5 Å². The molecule has 1 aliphatic rings. The number of halogens is 2. The maximum absolute atomic E-state index is 13.2. The first kappa shape index (κ1) is 19.6. The lowest BCUT2D eigenvalue weighted by Crippen LogP contribution is -2.45. The van der Waals surface area contributed by atoms with Gasteiger partial charge in [-0.2, -0.15) is 0 Å². The first-order chi connectivity index (χ1) is 13.2. The molecular weight excluding hydrogens is 350 g/mol. The van der Waals surface area contributed by atoms with Crippen LogP contribution < -0.4 is 14.8 Å². The Kier molecular flexibility index (Phi) is 7.01. The first-order valence-electron chi connectivity index (χ1n) is 9.25. The Morgan fingerprint density at radius 1 is 1.04 bits per heavy atom. The van der Waals surface area contributed by atoms with Gasteiger partial charge in [-0.1, -0.05) is 36.4 Å². The number of hydrogen-bond acceptors (Lipinski definition) is 4. The second-order valence-corrected chi connectivity index (χ2v) is 6.61. The van der Waals surface area contributed by atoms with Crippen molar-refractivity contribution in [3.8, 4) is 11.5 Å². The van der Waals surface area contributed by atoms with Gasteiger partial charge in [0.1, 0.15) is 6.61 Å². The fourth-order valence-electron chi connectivity index (χ4n) is 3.41. The van der Waals surface area contributed by atoms with Crippen LogP contribution in [-0.4, -0.2) is 44.6 Å². The number of rotatable bonds is 8. The van der Waals surface area contributed by atoms with Crippen molar-refractivity contribution in [3.05, 3.63) is 59.7 Å². The minimum Gasteiger partial charge on any atom is -0.493 e. The smallest absolute Gasteiger partial charge is 0.240 e. The van der Waals surface area contributed by atoms with E-state index < -0.39 is 6.43 Å². The number of alkyl halides is 2. The number of hydrogen-bond donors (Lipinski definition) is 1. The van der Waals surface area contributed by atoms with Gasteiger partial charge in [0.2, 0.25) is 6.43 Å². The maximum Gasteiger partial charge on any atom is 0.240 e. The number of nitrogens with zero attached hydrogens (tertiary/aromatic N) is 1. The number of ether oxygens (including phenoxy) is 2. The lowest BCUT2D eigenvalue weighted by molar-refractivity contribution is 0.0737. The van der Waals surface area contributed by atoms with Gasteiger partial charge in [0.05, 0.1) is 7.11 Å². The average Bonchev–Trinajstić information content (AvgIpc) is 2.71. The molecule has 27 heavy (non-hydrogen) atoms. The predicted octanol–water partition coefficient (Wildman–Crippen LogP) is 3.88. The van der Waals surface area contributed by atoms with Crippen LogP contribution >= 0.6 is 0 Å². The van der Waals surface area contributed by atoms with Crippen molar-refractivity contribution in [3.63, 3.8) is 0 Å². The lowest BCUT2D eigenvalue weighted by atomic mass is 10.0. The van der Waals surface area contributed by atoms with E-state index in [1.807, 2.05) is 42.5 Å². The van der Waals surface area contributed by atoms with Gasteiger partial charge < -0.3 is 14.8 Å². The summed E-state index contributed by atoms with van der Waals surface area (Å²) in [4.78, 5) is 2.12. The summed E-state index contributed by atoms with van der Waals surface area (Å²) < 4.78 is 37.8. The zero-order chi connectivity index (χ0) is 19.1. The van der Waals surface area contributed by atoms with Crippen LogP contribution in [0.15, 0.2) is 48.5 Å². The molecule has 1 fully saturated rings. The molecule has 4 nitrogen and oxygen atoms in total. The molecule has 1 saturated heterocycles. The van der Waals surface area contributed by atoms with E-state index in [0.29, 0.717) is 18.1 Å². The van der Waals surface area contributed by atoms with Crippen LogP contribution in [0.2, 0.25) is 0 Å². The molecule has 0 radical (unpaired) electrons. The molecule has 0 aromatic heterocycles. The van der Waals surface area contributed by atoms with Crippen molar-refractivity contribution in [2.45, 2.75) is 25.5 Å². The summed E-state index contributed by atoms with van der Waals surface area (Å²) in [5.41, 5.74) is 1.87. The molecule has 0 amide bonds. The fourth-order valence-corrected chi connectivity index (χ4v) is 3.41. The topological polar surface area (TPSA) is 33.7 Å². The summed E-state index contributed by atoms with van der Waals surface area (Å²) >= 11 is 0. The predicted molar refractivity (Wildman–Crippen MR) is 102 cm³/mol. The summed E-state index contributed by atoms with van der Waals surface area (Å²) in [6, 6.07) is 15.0. The Hall–Kier alpha value is -2.18. The molecule has 2 aromatic carbocycles. The Bertz CT molecular complexity index is 707. The van der Waals surface area contributed by atoms with E-state index in [2.05, 4.69) is 10.2 Å². The van der Waals surface area contributed by atoms with Crippen LogP contribution in [0.25, 0.3) is 0 Å². The van der Waals surface area contributed by atoms with E-state index in [1.165, 1.54) is 0 Å². The van der Waals surface area contributed by atoms with Gasteiger partial charge in [-0.25, -0.2) is 8.78 Å². The van der Waals surface area contributed by atoms with E-state index in [9.17, 15) is 8.78 Å². The minimum absolute atomic E-state index is 0.190. The zero-order valence-electron chi connectivity index (χ0n) is 15.5. The van der Waals surface area contributed by atoms with Crippen molar-refractivity contribution in [2.75, 3.05) is 33.3 Å². The molecule has 1 N–H and O–H groups in total. The van der Waals surface area contributed by atoms with Gasteiger partial charge in [0.15, 0.2) is 11.5 Å². The highest BCUT2D eigenvalue weighted by atomic mass is 19.3. The molecule has 0 bridgehead atoms. The number of benzene rings is 2. The third kappa shape index (κ3) is 5.40. The van der Waals surface area contributed by atoms with E-state index >= 15 is 0 Å². The van der Waals surface area contributed by atoms with Crippen molar-refractivity contribution < 1.29 is 18.3 Å². The molecule has 6 heteroatoms. The number of nitrogens with one attached hydrogen (secondary N) is 1. The molecule has 0 saturated carbocycles. The highest BCUT2D eigenvalue weighted by Crippen LogP contribution is 2.35. The molecule has 1 atom stereocenters. The molecule has 0 aliphatic carbocycles. The van der Waals surface area contributed by atoms with Crippen molar-refractivity contribution in [1.82, 2.24) is 10.2 Å². The fraction of sp³-hybridized carbons (Fsp3) is 0.429. The summed E-state index contributed by atoms with van der Waals surface area (Å²) in [5, 5.41) is 3.27. The normalized spacial score (nSPS) is 16.3. The molecule has 1 aliphatic heterocycles.